The lowest BCUT2D eigenvalue weighted by Crippen LogP contribution is -2.55. The summed E-state index contributed by atoms with van der Waals surface area (Å²) in [6.07, 6.45) is 2.28. The van der Waals surface area contributed by atoms with Crippen molar-refractivity contribution in [2.75, 3.05) is 6.16 Å². The van der Waals surface area contributed by atoms with Gasteiger partial charge in [-0.3, -0.25) is 0 Å². The molecule has 0 aliphatic carbocycles. The van der Waals surface area contributed by atoms with Crippen LogP contribution in [0, 0.1) is 0 Å². The van der Waals surface area contributed by atoms with Crippen molar-refractivity contribution in [3.8, 4) is 0 Å². The van der Waals surface area contributed by atoms with Crippen LogP contribution in [-0.2, 0) is 4.43 Å². The topological polar surface area (TPSA) is 9.23 Å². The first-order chi connectivity index (χ1) is 7.02. The summed E-state index contributed by atoms with van der Waals surface area (Å²) in [5, 5.41) is 0.504. The van der Waals surface area contributed by atoms with E-state index < -0.39 is 17.1 Å². The summed E-state index contributed by atoms with van der Waals surface area (Å²) in [5.74, 6) is 0. The molecule has 0 saturated heterocycles. The third-order valence-electron chi connectivity index (χ3n) is 4.63. The SMILES string of the molecule is CCC(C)(C)[Si](C)(C)OC(C)(CP)[SiH](C)C. The van der Waals surface area contributed by atoms with Gasteiger partial charge in [0.25, 0.3) is 0 Å². The lowest BCUT2D eigenvalue weighted by atomic mass is 10.1. The Morgan fingerprint density at radius 3 is 1.88 bits per heavy atom. The van der Waals surface area contributed by atoms with E-state index in [9.17, 15) is 0 Å². The second-order valence-electron chi connectivity index (χ2n) is 6.52. The normalized spacial score (nSPS) is 17.6. The quantitative estimate of drug-likeness (QED) is 0.526. The van der Waals surface area contributed by atoms with Crippen LogP contribution < -0.4 is 0 Å². The molecule has 0 aliphatic heterocycles. The van der Waals surface area contributed by atoms with Gasteiger partial charge in [-0.2, -0.15) is 0 Å². The Morgan fingerprint density at radius 2 is 1.62 bits per heavy atom. The largest absolute Gasteiger partial charge is 0.414 e. The van der Waals surface area contributed by atoms with Crippen molar-refractivity contribution in [1.29, 1.82) is 0 Å². The molecule has 0 spiro atoms. The summed E-state index contributed by atoms with van der Waals surface area (Å²) in [7, 11) is 0.464. The first-order valence-electron chi connectivity index (χ1n) is 6.42. The lowest BCUT2D eigenvalue weighted by Gasteiger charge is -2.46. The zero-order valence-corrected chi connectivity index (χ0v) is 15.8. The van der Waals surface area contributed by atoms with E-state index in [-0.39, 0.29) is 5.22 Å². The van der Waals surface area contributed by atoms with E-state index in [0.29, 0.717) is 5.04 Å². The van der Waals surface area contributed by atoms with E-state index in [1.165, 1.54) is 6.42 Å². The predicted octanol–water partition coefficient (Wildman–Crippen LogP) is 4.06. The highest BCUT2D eigenvalue weighted by atomic mass is 31.0. The minimum Gasteiger partial charge on any atom is -0.414 e. The second kappa shape index (κ2) is 5.64. The molecule has 16 heavy (non-hydrogen) atoms. The molecule has 0 fully saturated rings. The first kappa shape index (κ1) is 16.8. The van der Waals surface area contributed by atoms with Crippen molar-refractivity contribution >= 4 is 26.4 Å². The third-order valence-corrected chi connectivity index (χ3v) is 13.5. The minimum atomic E-state index is -1.63. The Balaban J connectivity index is 4.94. The molecule has 98 valence electrons. The average molecular weight is 279 g/mol. The average Bonchev–Trinajstić information content (AvgIpc) is 2.16. The Morgan fingerprint density at radius 1 is 1.19 bits per heavy atom. The van der Waals surface area contributed by atoms with Crippen LogP contribution in [0.3, 0.4) is 0 Å². The molecule has 0 aromatic heterocycles. The smallest absolute Gasteiger partial charge is 0.192 e. The van der Waals surface area contributed by atoms with Crippen LogP contribution in [0.15, 0.2) is 0 Å². The molecule has 0 amide bonds. The maximum atomic E-state index is 6.67. The summed E-state index contributed by atoms with van der Waals surface area (Å²) < 4.78 is 6.67. The van der Waals surface area contributed by atoms with E-state index in [1.54, 1.807) is 0 Å². The second-order valence-corrected chi connectivity index (χ2v) is 15.0. The van der Waals surface area contributed by atoms with Gasteiger partial charge in [0.15, 0.2) is 8.32 Å². The van der Waals surface area contributed by atoms with Crippen molar-refractivity contribution in [3.05, 3.63) is 0 Å². The number of hydrogen-bond acceptors (Lipinski definition) is 1. The van der Waals surface area contributed by atoms with E-state index in [2.05, 4.69) is 63.1 Å². The van der Waals surface area contributed by atoms with Crippen LogP contribution >= 0.6 is 9.24 Å². The van der Waals surface area contributed by atoms with Gasteiger partial charge in [-0.05, 0) is 31.2 Å². The van der Waals surface area contributed by atoms with Crippen molar-refractivity contribution in [2.45, 2.75) is 70.6 Å². The molecular weight excluding hydrogens is 247 g/mol. The molecule has 0 N–H and O–H groups in total. The zero-order chi connectivity index (χ0) is 13.2. The maximum absolute atomic E-state index is 6.67. The number of rotatable bonds is 6. The standard InChI is InChI=1S/C12H31OPSi2/c1-9-11(2,3)16(7,8)13-12(4,10-14)15(5)6/h15H,9-10,14H2,1-8H3. The van der Waals surface area contributed by atoms with Gasteiger partial charge in [0.1, 0.15) is 0 Å². The van der Waals surface area contributed by atoms with Crippen LogP contribution in [0.5, 0.6) is 0 Å². The summed E-state index contributed by atoms with van der Waals surface area (Å²) in [6.45, 7) is 18.9. The van der Waals surface area contributed by atoms with Crippen LogP contribution in [-0.4, -0.2) is 28.5 Å². The summed E-state index contributed by atoms with van der Waals surface area (Å²) >= 11 is 0. The summed E-state index contributed by atoms with van der Waals surface area (Å²) in [4.78, 5) is 0. The Hall–Kier alpha value is 0.824. The van der Waals surface area contributed by atoms with Gasteiger partial charge in [-0.25, -0.2) is 0 Å². The van der Waals surface area contributed by atoms with Crippen molar-refractivity contribution in [3.63, 3.8) is 0 Å². The predicted molar refractivity (Wildman–Crippen MR) is 84.8 cm³/mol. The molecule has 2 atom stereocenters. The van der Waals surface area contributed by atoms with Crippen LogP contribution in [0.1, 0.15) is 34.1 Å². The van der Waals surface area contributed by atoms with Gasteiger partial charge in [0.2, 0.25) is 0 Å². The monoisotopic (exact) mass is 278 g/mol. The van der Waals surface area contributed by atoms with Crippen molar-refractivity contribution in [1.82, 2.24) is 0 Å². The van der Waals surface area contributed by atoms with Gasteiger partial charge in [-0.15, -0.1) is 9.24 Å². The molecule has 0 bridgehead atoms. The summed E-state index contributed by atoms with van der Waals surface area (Å²) in [6, 6.07) is 0. The molecule has 0 rings (SSSR count). The molecule has 0 saturated carbocycles. The van der Waals surface area contributed by atoms with Crippen molar-refractivity contribution in [2.24, 2.45) is 0 Å². The highest BCUT2D eigenvalue weighted by Crippen LogP contribution is 2.43. The van der Waals surface area contributed by atoms with E-state index in [4.69, 9.17) is 4.43 Å². The van der Waals surface area contributed by atoms with Gasteiger partial charge < -0.3 is 4.43 Å². The molecule has 4 heteroatoms. The van der Waals surface area contributed by atoms with Crippen LogP contribution in [0.2, 0.25) is 31.2 Å². The molecule has 2 unspecified atom stereocenters. The van der Waals surface area contributed by atoms with Gasteiger partial charge in [0, 0.05) is 5.22 Å². The molecule has 0 aromatic carbocycles. The third kappa shape index (κ3) is 3.66. The molecule has 0 heterocycles. The highest BCUT2D eigenvalue weighted by molar-refractivity contribution is 7.17. The Bertz CT molecular complexity index is 229. The van der Waals surface area contributed by atoms with E-state index in [1.807, 2.05) is 0 Å². The molecule has 1 nitrogen and oxygen atoms in total. The molecule has 0 aliphatic rings. The van der Waals surface area contributed by atoms with E-state index in [0.717, 1.165) is 6.16 Å². The Kier molecular flexibility index (Phi) is 5.93. The number of hydrogen-bond donors (Lipinski definition) is 0. The van der Waals surface area contributed by atoms with E-state index >= 15 is 0 Å². The van der Waals surface area contributed by atoms with Crippen LogP contribution in [0.25, 0.3) is 0 Å². The van der Waals surface area contributed by atoms with Crippen molar-refractivity contribution < 1.29 is 4.43 Å². The fourth-order valence-corrected chi connectivity index (χ4v) is 7.88. The van der Waals surface area contributed by atoms with Gasteiger partial charge in [-0.1, -0.05) is 40.3 Å². The minimum absolute atomic E-state index is 0.146. The van der Waals surface area contributed by atoms with Gasteiger partial charge >= 0.3 is 0 Å². The zero-order valence-electron chi connectivity index (χ0n) is 12.5. The maximum Gasteiger partial charge on any atom is 0.192 e. The summed E-state index contributed by atoms with van der Waals surface area (Å²) in [5.41, 5.74) is 0. The first-order valence-corrected chi connectivity index (χ1v) is 13.0. The van der Waals surface area contributed by atoms with Gasteiger partial charge in [0.05, 0.1) is 8.80 Å². The Labute approximate surface area is 108 Å². The molecule has 0 aromatic rings. The highest BCUT2D eigenvalue weighted by Gasteiger charge is 2.45. The molecule has 0 radical (unpaired) electrons. The fourth-order valence-electron chi connectivity index (χ4n) is 1.54. The molecular formula is C12H31OPSi2. The van der Waals surface area contributed by atoms with Crippen LogP contribution in [0.4, 0.5) is 0 Å². The lowest BCUT2D eigenvalue weighted by molar-refractivity contribution is 0.170. The fraction of sp³-hybridized carbons (Fsp3) is 1.00.